The maximum atomic E-state index is 10.5. The molecule has 5 aromatic rings. The third-order valence-electron chi connectivity index (χ3n) is 5.04. The van der Waals surface area contributed by atoms with Crippen molar-refractivity contribution < 1.29 is 30.0 Å². The predicted octanol–water partition coefficient (Wildman–Crippen LogP) is 8.55. The third-order valence-corrected chi connectivity index (χ3v) is 6.07. The number of aromatic carboxylic acids is 1. The van der Waals surface area contributed by atoms with Crippen molar-refractivity contribution in [1.29, 1.82) is 0 Å². The molecule has 0 saturated heterocycles. The van der Waals surface area contributed by atoms with E-state index in [2.05, 4.69) is 27.1 Å². The summed E-state index contributed by atoms with van der Waals surface area (Å²) in [5.74, 6) is -1.00. The summed E-state index contributed by atoms with van der Waals surface area (Å²) in [5, 5.41) is 10.9. The number of hydrogen-bond donors (Lipinski definition) is 1. The molecule has 0 saturated carbocycles. The summed E-state index contributed by atoms with van der Waals surface area (Å²) >= 11 is 23.6. The molecule has 3 heterocycles. The fraction of sp³-hybridized carbons (Fsp3) is 0.0667. The molecule has 0 fully saturated rings. The molecule has 41 heavy (non-hydrogen) atoms. The number of hydrogen-bond acceptors (Lipinski definition) is 5. The van der Waals surface area contributed by atoms with Gasteiger partial charge < -0.3 is 20.0 Å². The topological polar surface area (TPSA) is 79.2 Å². The molecular formula is C30H22Cl4IrN4O2-2. The number of benzene rings is 2. The van der Waals surface area contributed by atoms with E-state index >= 15 is 0 Å². The van der Waals surface area contributed by atoms with Crippen LogP contribution < -0.4 is 4.90 Å². The zero-order valence-corrected chi connectivity index (χ0v) is 27.1. The van der Waals surface area contributed by atoms with Crippen molar-refractivity contribution in [2.75, 3.05) is 19.0 Å². The van der Waals surface area contributed by atoms with Crippen molar-refractivity contribution in [2.24, 2.45) is 0 Å². The van der Waals surface area contributed by atoms with Crippen LogP contribution in [0.15, 0.2) is 91.4 Å². The maximum Gasteiger partial charge on any atom is 0.354 e. The van der Waals surface area contributed by atoms with Crippen LogP contribution in [0.3, 0.4) is 0 Å². The van der Waals surface area contributed by atoms with E-state index in [1.54, 1.807) is 42.7 Å². The Labute approximate surface area is 272 Å². The first kappa shape index (κ1) is 34.2. The van der Waals surface area contributed by atoms with E-state index in [4.69, 9.17) is 51.5 Å². The van der Waals surface area contributed by atoms with Crippen LogP contribution in [-0.2, 0) is 20.1 Å². The molecule has 0 aliphatic heterocycles. The molecule has 6 nitrogen and oxygen atoms in total. The minimum absolute atomic E-state index is 0. The molecule has 0 spiro atoms. The summed E-state index contributed by atoms with van der Waals surface area (Å²) in [6, 6.07) is 27.3. The molecule has 5 rings (SSSR count). The van der Waals surface area contributed by atoms with Gasteiger partial charge in [-0.25, -0.2) is 9.78 Å². The zero-order chi connectivity index (χ0) is 29.1. The fourth-order valence-electron chi connectivity index (χ4n) is 3.12. The molecule has 0 aliphatic carbocycles. The number of carboxylic acid groups (broad SMARTS) is 1. The van der Waals surface area contributed by atoms with Gasteiger partial charge in [0.1, 0.15) is 5.69 Å². The molecule has 1 radical (unpaired) electrons. The van der Waals surface area contributed by atoms with Crippen LogP contribution in [0.25, 0.3) is 22.5 Å². The van der Waals surface area contributed by atoms with Gasteiger partial charge in [0.25, 0.3) is 0 Å². The largest absolute Gasteiger partial charge is 0.477 e. The number of halogens is 4. The Kier molecular flexibility index (Phi) is 14.2. The number of carboxylic acids is 1. The number of carbonyl (C=O) groups is 1. The fourth-order valence-corrected chi connectivity index (χ4v) is 4.10. The van der Waals surface area contributed by atoms with Crippen molar-refractivity contribution in [3.63, 3.8) is 0 Å². The van der Waals surface area contributed by atoms with Crippen molar-refractivity contribution in [3.05, 3.63) is 129 Å². The molecule has 0 amide bonds. The Morgan fingerprint density at radius 2 is 1.22 bits per heavy atom. The van der Waals surface area contributed by atoms with Gasteiger partial charge in [-0.3, -0.25) is 0 Å². The van der Waals surface area contributed by atoms with Gasteiger partial charge in [0.15, 0.2) is 0 Å². The number of nitrogens with zero attached hydrogens (tertiary/aromatic N) is 4. The maximum absolute atomic E-state index is 10.5. The molecule has 0 atom stereocenters. The zero-order valence-electron chi connectivity index (χ0n) is 21.6. The Morgan fingerprint density at radius 1 is 0.732 bits per heavy atom. The van der Waals surface area contributed by atoms with Crippen LogP contribution in [0, 0.1) is 12.1 Å². The smallest absolute Gasteiger partial charge is 0.354 e. The molecule has 3 aromatic heterocycles. The Bertz CT molecular complexity index is 1470. The third kappa shape index (κ3) is 10.7. The minimum Gasteiger partial charge on any atom is -0.477 e. The molecule has 213 valence electrons. The molecule has 1 N–H and O–H groups in total. The molecule has 0 bridgehead atoms. The molecular weight excluding hydrogens is 782 g/mol. The van der Waals surface area contributed by atoms with Gasteiger partial charge in [-0.1, -0.05) is 24.3 Å². The average Bonchev–Trinajstić information content (AvgIpc) is 2.95. The SMILES string of the molecule is CN(C)c1ccnc(C(=O)O)c1.Clc1c[c-]c(-c2ccccn2)c(Cl)c1.Clc1c[c-]c(-c2ccccn2)c(Cl)c1.[Ir]. The first-order valence-electron chi connectivity index (χ1n) is 11.6. The van der Waals surface area contributed by atoms with Crippen LogP contribution in [0.4, 0.5) is 5.69 Å². The van der Waals surface area contributed by atoms with Gasteiger partial charge in [-0.2, -0.15) is 0 Å². The number of aromatic nitrogens is 3. The van der Waals surface area contributed by atoms with Crippen molar-refractivity contribution in [3.8, 4) is 22.5 Å². The molecule has 11 heteroatoms. The van der Waals surface area contributed by atoms with Crippen molar-refractivity contribution in [1.82, 2.24) is 15.0 Å². The molecule has 2 aromatic carbocycles. The monoisotopic (exact) mass is 803 g/mol. The van der Waals surface area contributed by atoms with Crippen LogP contribution in [0.2, 0.25) is 20.1 Å². The van der Waals surface area contributed by atoms with Gasteiger partial charge in [0, 0.05) is 58.5 Å². The first-order chi connectivity index (χ1) is 19.2. The van der Waals surface area contributed by atoms with E-state index in [0.29, 0.717) is 20.1 Å². The second-order valence-electron chi connectivity index (χ2n) is 8.11. The van der Waals surface area contributed by atoms with Crippen LogP contribution in [0.1, 0.15) is 10.5 Å². The van der Waals surface area contributed by atoms with Gasteiger partial charge in [-0.05, 0) is 55.7 Å². The van der Waals surface area contributed by atoms with Crippen LogP contribution in [-0.4, -0.2) is 40.1 Å². The van der Waals surface area contributed by atoms with E-state index in [9.17, 15) is 4.79 Å². The normalized spacial score (nSPS) is 9.71. The van der Waals surface area contributed by atoms with Crippen LogP contribution in [0.5, 0.6) is 0 Å². The number of pyridine rings is 3. The van der Waals surface area contributed by atoms with Crippen molar-refractivity contribution in [2.45, 2.75) is 0 Å². The van der Waals surface area contributed by atoms with Gasteiger partial charge in [-0.15, -0.1) is 93.9 Å². The summed E-state index contributed by atoms with van der Waals surface area (Å²) in [6.07, 6.45) is 4.92. The predicted molar refractivity (Wildman–Crippen MR) is 163 cm³/mol. The number of rotatable bonds is 4. The Balaban J connectivity index is 0.000000213. The summed E-state index contributed by atoms with van der Waals surface area (Å²) in [4.78, 5) is 24.4. The van der Waals surface area contributed by atoms with E-state index < -0.39 is 5.97 Å². The van der Waals surface area contributed by atoms with E-state index in [1.165, 1.54) is 12.3 Å². The molecule has 0 unspecified atom stereocenters. The summed E-state index contributed by atoms with van der Waals surface area (Å²) < 4.78 is 0. The van der Waals surface area contributed by atoms with Gasteiger partial charge >= 0.3 is 5.97 Å². The van der Waals surface area contributed by atoms with Crippen molar-refractivity contribution >= 4 is 58.1 Å². The Morgan fingerprint density at radius 3 is 1.59 bits per heavy atom. The van der Waals surface area contributed by atoms with Gasteiger partial charge in [0.2, 0.25) is 0 Å². The average molecular weight is 805 g/mol. The standard InChI is InChI=1S/2C11H6Cl2N.C8H10N2O2.Ir/c2*12-8-4-5-9(10(13)7-8)11-3-1-2-6-14-11;1-10(2)6-3-4-9-7(5-6)8(11)12;/h2*1-4,6-7H;3-5H,1-2H3,(H,11,12);/q2*-1;;. The number of anilines is 1. The van der Waals surface area contributed by atoms with Gasteiger partial charge in [0.05, 0.1) is 0 Å². The van der Waals surface area contributed by atoms with Crippen LogP contribution >= 0.6 is 46.4 Å². The summed E-state index contributed by atoms with van der Waals surface area (Å²) in [7, 11) is 3.70. The quantitative estimate of drug-likeness (QED) is 0.184. The summed E-state index contributed by atoms with van der Waals surface area (Å²) in [6.45, 7) is 0. The van der Waals surface area contributed by atoms with E-state index in [-0.39, 0.29) is 25.8 Å². The minimum atomic E-state index is -1.00. The van der Waals surface area contributed by atoms with E-state index in [1.807, 2.05) is 55.4 Å². The second kappa shape index (κ2) is 17.0. The molecule has 0 aliphatic rings. The first-order valence-corrected chi connectivity index (χ1v) is 13.1. The van der Waals surface area contributed by atoms with E-state index in [0.717, 1.165) is 28.2 Å². The second-order valence-corrected chi connectivity index (χ2v) is 9.80. The summed E-state index contributed by atoms with van der Waals surface area (Å²) in [5.41, 5.74) is 4.06. The Hall–Kier alpha value is -3.03.